The second kappa shape index (κ2) is 10.2. The first-order valence-electron chi connectivity index (χ1n) is 9.55. The Balaban J connectivity index is 1.77. The molecular weight excluding hydrogens is 378 g/mol. The molecule has 3 N–H and O–H groups in total. The average Bonchev–Trinajstić information content (AvgIpc) is 2.63. The quantitative estimate of drug-likeness (QED) is 0.298. The molecule has 6 nitrogen and oxygen atoms in total. The number of nitrogens with one attached hydrogen (secondary N) is 3. The summed E-state index contributed by atoms with van der Waals surface area (Å²) in [5.74, 6) is 1.17. The summed E-state index contributed by atoms with van der Waals surface area (Å²) in [6, 6.07) is 0.364. The first-order valence-corrected chi connectivity index (χ1v) is 11.2. The summed E-state index contributed by atoms with van der Waals surface area (Å²) < 4.78 is 0. The van der Waals surface area contributed by atoms with Crippen molar-refractivity contribution in [3.8, 4) is 0 Å². The third kappa shape index (κ3) is 6.31. The van der Waals surface area contributed by atoms with E-state index in [4.69, 9.17) is 12.2 Å². The van der Waals surface area contributed by atoms with Crippen molar-refractivity contribution < 1.29 is 4.79 Å². The first kappa shape index (κ1) is 21.9. The van der Waals surface area contributed by atoms with Gasteiger partial charge in [0, 0.05) is 23.9 Å². The number of hydrogen-bond donors (Lipinski definition) is 3. The standard InChI is InChI=1S/C19H31N5OS2/c1-11-7-6-8-16(12(11)2)22-18(26)24-23-17(25)10-9-15-13(3)20-19(27-5)21-14(15)4/h11-12,16H,6-10H2,1-5H3,(H,23,25)(H2,22,24,26)/t11-,12-,16-/m0/s1. The number of thiocarbonyl (C=S) groups is 1. The minimum atomic E-state index is -0.100. The summed E-state index contributed by atoms with van der Waals surface area (Å²) in [5, 5.41) is 4.59. The van der Waals surface area contributed by atoms with E-state index in [-0.39, 0.29) is 5.91 Å². The summed E-state index contributed by atoms with van der Waals surface area (Å²) in [7, 11) is 0. The highest BCUT2D eigenvalue weighted by molar-refractivity contribution is 7.98. The molecule has 0 radical (unpaired) electrons. The molecule has 150 valence electrons. The number of amides is 1. The third-order valence-corrected chi connectivity index (χ3v) is 6.29. The Hall–Kier alpha value is -1.41. The Kier molecular flexibility index (Phi) is 8.28. The maximum atomic E-state index is 12.2. The highest BCUT2D eigenvalue weighted by Crippen LogP contribution is 2.29. The van der Waals surface area contributed by atoms with Gasteiger partial charge in [-0.05, 0) is 62.6 Å². The van der Waals surface area contributed by atoms with Crippen molar-refractivity contribution in [1.29, 1.82) is 0 Å². The van der Waals surface area contributed by atoms with Gasteiger partial charge in [0.2, 0.25) is 5.91 Å². The summed E-state index contributed by atoms with van der Waals surface area (Å²) in [6.07, 6.45) is 6.53. The van der Waals surface area contributed by atoms with Gasteiger partial charge in [-0.3, -0.25) is 15.6 Å². The number of rotatable bonds is 5. The van der Waals surface area contributed by atoms with E-state index in [1.165, 1.54) is 24.6 Å². The predicted octanol–water partition coefficient (Wildman–Crippen LogP) is 3.07. The zero-order valence-corrected chi connectivity index (χ0v) is 18.5. The van der Waals surface area contributed by atoms with E-state index in [0.29, 0.717) is 35.8 Å². The van der Waals surface area contributed by atoms with Crippen molar-refractivity contribution in [2.24, 2.45) is 11.8 Å². The molecule has 0 unspecified atom stereocenters. The molecular formula is C19H31N5OS2. The molecule has 1 amide bonds. The minimum Gasteiger partial charge on any atom is -0.358 e. The van der Waals surface area contributed by atoms with Gasteiger partial charge in [0.15, 0.2) is 10.3 Å². The van der Waals surface area contributed by atoms with Crippen molar-refractivity contribution >= 4 is 35.0 Å². The van der Waals surface area contributed by atoms with Crippen molar-refractivity contribution in [2.75, 3.05) is 6.26 Å². The molecule has 1 aliphatic carbocycles. The van der Waals surface area contributed by atoms with E-state index in [1.807, 2.05) is 20.1 Å². The van der Waals surface area contributed by atoms with Gasteiger partial charge in [-0.2, -0.15) is 0 Å². The number of aryl methyl sites for hydroxylation is 2. The zero-order chi connectivity index (χ0) is 20.0. The molecule has 0 spiro atoms. The largest absolute Gasteiger partial charge is 0.358 e. The number of carbonyl (C=O) groups excluding carboxylic acids is 1. The van der Waals surface area contributed by atoms with Crippen LogP contribution < -0.4 is 16.2 Å². The van der Waals surface area contributed by atoms with Gasteiger partial charge >= 0.3 is 0 Å². The number of hydrazine groups is 1. The number of aromatic nitrogens is 2. The zero-order valence-electron chi connectivity index (χ0n) is 16.9. The normalized spacial score (nSPS) is 22.2. The summed E-state index contributed by atoms with van der Waals surface area (Å²) in [4.78, 5) is 21.1. The van der Waals surface area contributed by atoms with Crippen LogP contribution in [0.25, 0.3) is 0 Å². The SMILES string of the molecule is CSc1nc(C)c(CCC(=O)NNC(=S)N[C@H]2CCC[C@H](C)[C@@H]2C)c(C)n1. The predicted molar refractivity (Wildman–Crippen MR) is 115 cm³/mol. The van der Waals surface area contributed by atoms with E-state index in [2.05, 4.69) is 40.0 Å². The smallest absolute Gasteiger partial charge is 0.238 e. The van der Waals surface area contributed by atoms with Crippen molar-refractivity contribution in [2.45, 2.75) is 71.0 Å². The van der Waals surface area contributed by atoms with Crippen LogP contribution in [0.15, 0.2) is 5.16 Å². The summed E-state index contributed by atoms with van der Waals surface area (Å²) in [5.41, 5.74) is 8.43. The van der Waals surface area contributed by atoms with Gasteiger partial charge in [0.05, 0.1) is 0 Å². The van der Waals surface area contributed by atoms with E-state index in [1.54, 1.807) is 0 Å². The first-order chi connectivity index (χ1) is 12.8. The summed E-state index contributed by atoms with van der Waals surface area (Å²) in [6.45, 7) is 8.48. The van der Waals surface area contributed by atoms with Crippen LogP contribution in [0.3, 0.4) is 0 Å². The molecule has 0 saturated heterocycles. The van der Waals surface area contributed by atoms with Crippen LogP contribution in [-0.4, -0.2) is 33.3 Å². The minimum absolute atomic E-state index is 0.100. The molecule has 27 heavy (non-hydrogen) atoms. The van der Waals surface area contributed by atoms with Crippen LogP contribution in [0.4, 0.5) is 0 Å². The molecule has 1 fully saturated rings. The molecule has 1 heterocycles. The van der Waals surface area contributed by atoms with Crippen molar-refractivity contribution in [1.82, 2.24) is 26.1 Å². The van der Waals surface area contributed by atoms with Gasteiger partial charge in [-0.1, -0.05) is 38.5 Å². The van der Waals surface area contributed by atoms with Crippen LogP contribution in [0.1, 0.15) is 56.5 Å². The van der Waals surface area contributed by atoms with Crippen molar-refractivity contribution in [3.63, 3.8) is 0 Å². The molecule has 1 aliphatic rings. The Labute approximate surface area is 172 Å². The molecule has 3 atom stereocenters. The lowest BCUT2D eigenvalue weighted by molar-refractivity contribution is -0.121. The summed E-state index contributed by atoms with van der Waals surface area (Å²) >= 11 is 6.86. The third-order valence-electron chi connectivity index (χ3n) is 5.52. The molecule has 1 saturated carbocycles. The van der Waals surface area contributed by atoms with Crippen LogP contribution in [0.2, 0.25) is 0 Å². The lowest BCUT2D eigenvalue weighted by Gasteiger charge is -2.35. The highest BCUT2D eigenvalue weighted by atomic mass is 32.2. The van der Waals surface area contributed by atoms with E-state index in [0.717, 1.165) is 28.5 Å². The second-order valence-corrected chi connectivity index (χ2v) is 8.56. The second-order valence-electron chi connectivity index (χ2n) is 7.38. The van der Waals surface area contributed by atoms with Gasteiger partial charge in [-0.15, -0.1) is 0 Å². The molecule has 1 aromatic heterocycles. The van der Waals surface area contributed by atoms with Crippen molar-refractivity contribution in [3.05, 3.63) is 17.0 Å². The Bertz CT molecular complexity index is 659. The molecule has 0 bridgehead atoms. The van der Waals surface area contributed by atoms with E-state index in [9.17, 15) is 4.79 Å². The maximum Gasteiger partial charge on any atom is 0.238 e. The Morgan fingerprint density at radius 1 is 1.19 bits per heavy atom. The molecule has 2 rings (SSSR count). The molecule has 8 heteroatoms. The van der Waals surface area contributed by atoms with Gasteiger partial charge < -0.3 is 5.32 Å². The van der Waals surface area contributed by atoms with Gasteiger partial charge in [0.1, 0.15) is 0 Å². The Morgan fingerprint density at radius 3 is 2.48 bits per heavy atom. The van der Waals surface area contributed by atoms with Crippen LogP contribution >= 0.6 is 24.0 Å². The van der Waals surface area contributed by atoms with Gasteiger partial charge in [-0.25, -0.2) is 9.97 Å². The van der Waals surface area contributed by atoms with Crippen LogP contribution in [0, 0.1) is 25.7 Å². The maximum absolute atomic E-state index is 12.2. The van der Waals surface area contributed by atoms with E-state index < -0.39 is 0 Å². The molecule has 0 aromatic carbocycles. The average molecular weight is 410 g/mol. The topological polar surface area (TPSA) is 78.9 Å². The fourth-order valence-corrected chi connectivity index (χ4v) is 4.24. The lowest BCUT2D eigenvalue weighted by Crippen LogP contribution is -2.52. The fourth-order valence-electron chi connectivity index (χ4n) is 3.58. The van der Waals surface area contributed by atoms with Gasteiger partial charge in [0.25, 0.3) is 0 Å². The fraction of sp³-hybridized carbons (Fsp3) is 0.684. The van der Waals surface area contributed by atoms with Crippen LogP contribution in [0.5, 0.6) is 0 Å². The molecule has 1 aromatic rings. The van der Waals surface area contributed by atoms with Crippen LogP contribution in [-0.2, 0) is 11.2 Å². The number of carbonyl (C=O) groups is 1. The molecule has 0 aliphatic heterocycles. The Morgan fingerprint density at radius 2 is 1.85 bits per heavy atom. The van der Waals surface area contributed by atoms with E-state index >= 15 is 0 Å². The monoisotopic (exact) mass is 409 g/mol. The number of hydrogen-bond acceptors (Lipinski definition) is 5. The lowest BCUT2D eigenvalue weighted by atomic mass is 9.78. The number of nitrogens with zero attached hydrogens (tertiary/aromatic N) is 2. The number of thioether (sulfide) groups is 1. The highest BCUT2D eigenvalue weighted by Gasteiger charge is 2.27.